The summed E-state index contributed by atoms with van der Waals surface area (Å²) in [5.74, 6) is -1.44. The summed E-state index contributed by atoms with van der Waals surface area (Å²) in [4.78, 5) is 27.6. The molecule has 21 heavy (non-hydrogen) atoms. The van der Waals surface area contributed by atoms with E-state index in [1.165, 1.54) is 12.1 Å². The van der Waals surface area contributed by atoms with Gasteiger partial charge in [0.2, 0.25) is 0 Å². The molecule has 0 radical (unpaired) electrons. The van der Waals surface area contributed by atoms with Gasteiger partial charge in [0.05, 0.1) is 16.8 Å². The summed E-state index contributed by atoms with van der Waals surface area (Å²) in [5.41, 5.74) is 1.78. The van der Waals surface area contributed by atoms with Gasteiger partial charge in [-0.05, 0) is 42.5 Å². The van der Waals surface area contributed by atoms with Crippen LogP contribution in [-0.4, -0.2) is 25.9 Å². The summed E-state index contributed by atoms with van der Waals surface area (Å²) in [7, 11) is 3.81. The lowest BCUT2D eigenvalue weighted by Crippen LogP contribution is -2.29. The molecule has 0 aromatic heterocycles. The monoisotopic (exact) mass is 284 g/mol. The zero-order valence-corrected chi connectivity index (χ0v) is 11.6. The number of imide groups is 1. The van der Waals surface area contributed by atoms with Gasteiger partial charge in [-0.25, -0.2) is 9.29 Å². The normalized spacial score (nSPS) is 13.6. The van der Waals surface area contributed by atoms with Crippen LogP contribution in [0.4, 0.5) is 15.8 Å². The van der Waals surface area contributed by atoms with Gasteiger partial charge in [0.15, 0.2) is 0 Å². The SMILES string of the molecule is CN(C)c1ccc(N2C(=O)c3ccc(F)cc3C2=O)cc1. The number of nitrogens with zero attached hydrogens (tertiary/aromatic N) is 2. The molecular weight excluding hydrogens is 271 g/mol. The van der Waals surface area contributed by atoms with E-state index in [2.05, 4.69) is 0 Å². The Bertz CT molecular complexity index is 738. The van der Waals surface area contributed by atoms with Gasteiger partial charge < -0.3 is 4.90 Å². The van der Waals surface area contributed by atoms with Crippen molar-refractivity contribution in [3.05, 3.63) is 59.4 Å². The van der Waals surface area contributed by atoms with E-state index in [1.807, 2.05) is 31.1 Å². The first kappa shape index (κ1) is 13.3. The van der Waals surface area contributed by atoms with Crippen LogP contribution in [0.5, 0.6) is 0 Å². The van der Waals surface area contributed by atoms with E-state index in [0.717, 1.165) is 16.7 Å². The van der Waals surface area contributed by atoms with Crippen molar-refractivity contribution < 1.29 is 14.0 Å². The summed E-state index contributed by atoms with van der Waals surface area (Å²) in [6, 6.07) is 10.7. The van der Waals surface area contributed by atoms with Gasteiger partial charge in [-0.3, -0.25) is 9.59 Å². The lowest BCUT2D eigenvalue weighted by molar-refractivity contribution is 0.0926. The fourth-order valence-electron chi connectivity index (χ4n) is 2.35. The molecule has 0 spiro atoms. The van der Waals surface area contributed by atoms with E-state index in [9.17, 15) is 14.0 Å². The zero-order chi connectivity index (χ0) is 15.1. The number of hydrogen-bond acceptors (Lipinski definition) is 3. The molecule has 0 atom stereocenters. The largest absolute Gasteiger partial charge is 0.378 e. The number of rotatable bonds is 2. The Morgan fingerprint density at radius 1 is 0.905 bits per heavy atom. The highest BCUT2D eigenvalue weighted by molar-refractivity contribution is 6.34. The summed E-state index contributed by atoms with van der Waals surface area (Å²) in [6.45, 7) is 0. The molecular formula is C16H13FN2O2. The third kappa shape index (κ3) is 2.07. The van der Waals surface area contributed by atoms with Gasteiger partial charge in [-0.2, -0.15) is 0 Å². The molecule has 1 aliphatic rings. The van der Waals surface area contributed by atoms with Crippen molar-refractivity contribution >= 4 is 23.2 Å². The second-order valence-electron chi connectivity index (χ2n) is 5.05. The Kier molecular flexibility index (Phi) is 2.97. The minimum absolute atomic E-state index is 0.108. The highest BCUT2D eigenvalue weighted by Crippen LogP contribution is 2.29. The summed E-state index contributed by atoms with van der Waals surface area (Å²) >= 11 is 0. The van der Waals surface area contributed by atoms with Crippen LogP contribution >= 0.6 is 0 Å². The lowest BCUT2D eigenvalue weighted by atomic mass is 10.1. The van der Waals surface area contributed by atoms with E-state index in [-0.39, 0.29) is 11.1 Å². The molecule has 0 aliphatic carbocycles. The molecule has 0 bridgehead atoms. The smallest absolute Gasteiger partial charge is 0.266 e. The first-order valence-electron chi connectivity index (χ1n) is 6.45. The Morgan fingerprint density at radius 3 is 2.14 bits per heavy atom. The molecule has 3 rings (SSSR count). The van der Waals surface area contributed by atoms with E-state index < -0.39 is 17.6 Å². The van der Waals surface area contributed by atoms with Crippen LogP contribution in [0.2, 0.25) is 0 Å². The van der Waals surface area contributed by atoms with E-state index >= 15 is 0 Å². The van der Waals surface area contributed by atoms with Crippen molar-refractivity contribution in [1.82, 2.24) is 0 Å². The third-order valence-electron chi connectivity index (χ3n) is 3.47. The van der Waals surface area contributed by atoms with Crippen molar-refractivity contribution in [3.8, 4) is 0 Å². The minimum Gasteiger partial charge on any atom is -0.378 e. The van der Waals surface area contributed by atoms with E-state index in [1.54, 1.807) is 12.1 Å². The van der Waals surface area contributed by atoms with Crippen LogP contribution in [-0.2, 0) is 0 Å². The van der Waals surface area contributed by atoms with Crippen LogP contribution in [0.25, 0.3) is 0 Å². The van der Waals surface area contributed by atoms with Crippen LogP contribution in [0.1, 0.15) is 20.7 Å². The highest BCUT2D eigenvalue weighted by Gasteiger charge is 2.36. The molecule has 0 N–H and O–H groups in total. The van der Waals surface area contributed by atoms with Gasteiger partial charge in [-0.1, -0.05) is 0 Å². The molecule has 4 nitrogen and oxygen atoms in total. The maximum absolute atomic E-state index is 13.2. The second kappa shape index (κ2) is 4.70. The van der Waals surface area contributed by atoms with Crippen LogP contribution in [0, 0.1) is 5.82 Å². The molecule has 0 unspecified atom stereocenters. The molecule has 5 heteroatoms. The zero-order valence-electron chi connectivity index (χ0n) is 11.6. The first-order chi connectivity index (χ1) is 9.99. The van der Waals surface area contributed by atoms with E-state index in [0.29, 0.717) is 5.69 Å². The minimum atomic E-state index is -0.528. The number of anilines is 2. The standard InChI is InChI=1S/C16H13FN2O2/c1-18(2)11-4-6-12(7-5-11)19-15(20)13-8-3-10(17)9-14(13)16(19)21/h3-9H,1-2H3. The summed E-state index contributed by atoms with van der Waals surface area (Å²) in [6.07, 6.45) is 0. The average molecular weight is 284 g/mol. The molecule has 2 amide bonds. The van der Waals surface area contributed by atoms with Crippen LogP contribution < -0.4 is 9.80 Å². The van der Waals surface area contributed by atoms with Gasteiger partial charge in [0.1, 0.15) is 5.82 Å². The van der Waals surface area contributed by atoms with Gasteiger partial charge in [0, 0.05) is 19.8 Å². The number of benzene rings is 2. The van der Waals surface area contributed by atoms with Crippen LogP contribution in [0.3, 0.4) is 0 Å². The Morgan fingerprint density at radius 2 is 1.52 bits per heavy atom. The van der Waals surface area contributed by atoms with Crippen LogP contribution in [0.15, 0.2) is 42.5 Å². The Labute approximate surface area is 121 Å². The Balaban J connectivity index is 2.01. The number of hydrogen-bond donors (Lipinski definition) is 0. The fraction of sp³-hybridized carbons (Fsp3) is 0.125. The molecule has 2 aromatic rings. The van der Waals surface area contributed by atoms with Crippen molar-refractivity contribution in [2.75, 3.05) is 23.9 Å². The molecule has 1 aliphatic heterocycles. The molecule has 0 saturated carbocycles. The summed E-state index contributed by atoms with van der Waals surface area (Å²) in [5, 5.41) is 0. The molecule has 0 fully saturated rings. The lowest BCUT2D eigenvalue weighted by Gasteiger charge is -2.16. The van der Waals surface area contributed by atoms with Gasteiger partial charge in [-0.15, -0.1) is 0 Å². The maximum Gasteiger partial charge on any atom is 0.266 e. The number of amides is 2. The number of carbonyl (C=O) groups excluding carboxylic acids is 2. The molecule has 0 saturated heterocycles. The molecule has 106 valence electrons. The number of carbonyl (C=O) groups is 2. The van der Waals surface area contributed by atoms with Gasteiger partial charge in [0.25, 0.3) is 11.8 Å². The van der Waals surface area contributed by atoms with Crippen molar-refractivity contribution in [1.29, 1.82) is 0 Å². The number of halogens is 1. The third-order valence-corrected chi connectivity index (χ3v) is 3.47. The fourth-order valence-corrected chi connectivity index (χ4v) is 2.35. The average Bonchev–Trinajstić information content (AvgIpc) is 2.70. The topological polar surface area (TPSA) is 40.6 Å². The van der Waals surface area contributed by atoms with E-state index in [4.69, 9.17) is 0 Å². The first-order valence-corrected chi connectivity index (χ1v) is 6.45. The van der Waals surface area contributed by atoms with Crippen molar-refractivity contribution in [3.63, 3.8) is 0 Å². The summed E-state index contributed by atoms with van der Waals surface area (Å²) < 4.78 is 13.2. The predicted octanol–water partition coefficient (Wildman–Crippen LogP) is 2.69. The van der Waals surface area contributed by atoms with Crippen molar-refractivity contribution in [2.24, 2.45) is 0 Å². The Hall–Kier alpha value is -2.69. The highest BCUT2D eigenvalue weighted by atomic mass is 19.1. The number of fused-ring (bicyclic) bond motifs is 1. The van der Waals surface area contributed by atoms with Crippen molar-refractivity contribution in [2.45, 2.75) is 0 Å². The molecule has 2 aromatic carbocycles. The predicted molar refractivity (Wildman–Crippen MR) is 78.3 cm³/mol. The maximum atomic E-state index is 13.2. The van der Waals surface area contributed by atoms with Gasteiger partial charge >= 0.3 is 0 Å². The quantitative estimate of drug-likeness (QED) is 0.796. The molecule has 1 heterocycles. The second-order valence-corrected chi connectivity index (χ2v) is 5.05.